The first kappa shape index (κ1) is 22.5. The second-order valence-electron chi connectivity index (χ2n) is 15.1. The molecule has 0 aromatic rings. The molecule has 0 heterocycles. The molecular weight excluding hydrogens is 372 g/mol. The SMILES string of the molecule is C=C(C)[C@@H]1CC[C@]2(C)CC[C@]3(C)[C@H](CC[C@@H]4[C@@]5(C)CCC(C)C(C)(C)C5CC[C@]43C)C12. The average molecular weight is 425 g/mol. The summed E-state index contributed by atoms with van der Waals surface area (Å²) in [5.74, 6) is 5.34. The summed E-state index contributed by atoms with van der Waals surface area (Å²) in [5.41, 5.74) is 4.19. The molecule has 0 aliphatic heterocycles. The fourth-order valence-corrected chi connectivity index (χ4v) is 11.7. The van der Waals surface area contributed by atoms with Gasteiger partial charge < -0.3 is 0 Å². The van der Waals surface area contributed by atoms with Gasteiger partial charge in [0.1, 0.15) is 0 Å². The van der Waals surface area contributed by atoms with Crippen LogP contribution < -0.4 is 0 Å². The first-order valence-corrected chi connectivity index (χ1v) is 14.0. The van der Waals surface area contributed by atoms with Gasteiger partial charge in [-0.3, -0.25) is 0 Å². The predicted molar refractivity (Wildman–Crippen MR) is 134 cm³/mol. The maximum absolute atomic E-state index is 4.51. The van der Waals surface area contributed by atoms with Gasteiger partial charge in [-0.05, 0) is 134 Å². The van der Waals surface area contributed by atoms with E-state index in [1.54, 1.807) is 0 Å². The number of hydrogen-bond acceptors (Lipinski definition) is 0. The van der Waals surface area contributed by atoms with Gasteiger partial charge in [-0.25, -0.2) is 0 Å². The van der Waals surface area contributed by atoms with Crippen molar-refractivity contribution in [1.29, 1.82) is 0 Å². The van der Waals surface area contributed by atoms with Crippen molar-refractivity contribution in [3.8, 4) is 0 Å². The first-order valence-electron chi connectivity index (χ1n) is 14.0. The van der Waals surface area contributed by atoms with E-state index in [2.05, 4.69) is 62.0 Å². The molecule has 31 heavy (non-hydrogen) atoms. The number of rotatable bonds is 1. The third kappa shape index (κ3) is 2.66. The Hall–Kier alpha value is -0.260. The van der Waals surface area contributed by atoms with Crippen molar-refractivity contribution in [3.63, 3.8) is 0 Å². The third-order valence-corrected chi connectivity index (χ3v) is 14.0. The Morgan fingerprint density at radius 1 is 0.710 bits per heavy atom. The van der Waals surface area contributed by atoms with Crippen LogP contribution in [0.25, 0.3) is 0 Å². The summed E-state index contributed by atoms with van der Waals surface area (Å²) in [7, 11) is 0. The molecule has 5 aliphatic carbocycles. The van der Waals surface area contributed by atoms with Gasteiger partial charge in [0.05, 0.1) is 0 Å². The summed E-state index contributed by atoms with van der Waals surface area (Å²) in [6.45, 7) is 25.6. The highest BCUT2D eigenvalue weighted by molar-refractivity contribution is 5.20. The monoisotopic (exact) mass is 424 g/mol. The zero-order valence-corrected chi connectivity index (χ0v) is 22.2. The van der Waals surface area contributed by atoms with Crippen LogP contribution >= 0.6 is 0 Å². The Morgan fingerprint density at radius 2 is 1.42 bits per heavy atom. The molecule has 5 fully saturated rings. The van der Waals surface area contributed by atoms with Gasteiger partial charge >= 0.3 is 0 Å². The molecule has 0 N–H and O–H groups in total. The minimum atomic E-state index is 0.508. The van der Waals surface area contributed by atoms with E-state index in [9.17, 15) is 0 Å². The minimum Gasteiger partial charge on any atom is -0.0998 e. The van der Waals surface area contributed by atoms with E-state index >= 15 is 0 Å². The van der Waals surface area contributed by atoms with E-state index in [0.29, 0.717) is 27.1 Å². The smallest absolute Gasteiger partial charge is 0.0172 e. The molecule has 0 radical (unpaired) electrons. The van der Waals surface area contributed by atoms with E-state index in [0.717, 1.165) is 35.5 Å². The van der Waals surface area contributed by atoms with Crippen LogP contribution in [0, 0.1) is 62.6 Å². The normalized spacial score (nSPS) is 57.9. The lowest BCUT2D eigenvalue weighted by Crippen LogP contribution is -2.65. The molecule has 0 saturated heterocycles. The third-order valence-electron chi connectivity index (χ3n) is 14.0. The highest BCUT2D eigenvalue weighted by Gasteiger charge is 2.69. The van der Waals surface area contributed by atoms with Gasteiger partial charge in [0.2, 0.25) is 0 Å². The summed E-state index contributed by atoms with van der Waals surface area (Å²) >= 11 is 0. The van der Waals surface area contributed by atoms with E-state index in [1.807, 2.05) is 0 Å². The summed E-state index contributed by atoms with van der Waals surface area (Å²) in [6, 6.07) is 0. The molecule has 5 aliphatic rings. The van der Waals surface area contributed by atoms with Crippen LogP contribution in [-0.4, -0.2) is 0 Å². The van der Waals surface area contributed by atoms with Gasteiger partial charge in [-0.15, -0.1) is 0 Å². The molecule has 0 bridgehead atoms. The Morgan fingerprint density at radius 3 is 2.10 bits per heavy atom. The molecule has 0 aromatic carbocycles. The fraction of sp³-hybridized carbons (Fsp3) is 0.935. The van der Waals surface area contributed by atoms with Gasteiger partial charge in [0.15, 0.2) is 0 Å². The largest absolute Gasteiger partial charge is 0.0998 e. The van der Waals surface area contributed by atoms with E-state index in [4.69, 9.17) is 0 Å². The fourth-order valence-electron chi connectivity index (χ4n) is 11.7. The summed E-state index contributed by atoms with van der Waals surface area (Å²) < 4.78 is 0. The molecule has 10 atom stereocenters. The summed E-state index contributed by atoms with van der Waals surface area (Å²) in [6.07, 6.45) is 14.7. The second-order valence-corrected chi connectivity index (χ2v) is 15.1. The van der Waals surface area contributed by atoms with Crippen LogP contribution in [0.3, 0.4) is 0 Å². The highest BCUT2D eigenvalue weighted by Crippen LogP contribution is 2.77. The van der Waals surface area contributed by atoms with Crippen LogP contribution in [0.1, 0.15) is 120 Å². The van der Waals surface area contributed by atoms with Crippen molar-refractivity contribution in [1.82, 2.24) is 0 Å². The quantitative estimate of drug-likeness (QED) is 0.368. The molecule has 176 valence electrons. The lowest BCUT2D eigenvalue weighted by atomic mass is 9.32. The minimum absolute atomic E-state index is 0.508. The molecule has 0 heteroatoms. The number of fused-ring (bicyclic) bond motifs is 7. The topological polar surface area (TPSA) is 0 Å². The molecule has 0 amide bonds. The highest BCUT2D eigenvalue weighted by atomic mass is 14.7. The van der Waals surface area contributed by atoms with Crippen molar-refractivity contribution in [2.75, 3.05) is 0 Å². The molecule has 0 aromatic heterocycles. The summed E-state index contributed by atoms with van der Waals surface area (Å²) in [5, 5.41) is 0. The molecule has 5 saturated carbocycles. The molecule has 0 spiro atoms. The van der Waals surface area contributed by atoms with E-state index in [1.165, 1.54) is 69.8 Å². The van der Waals surface area contributed by atoms with Crippen molar-refractivity contribution in [2.45, 2.75) is 120 Å². The summed E-state index contributed by atoms with van der Waals surface area (Å²) in [4.78, 5) is 0. The Balaban J connectivity index is 1.54. The average Bonchev–Trinajstić information content (AvgIpc) is 3.04. The van der Waals surface area contributed by atoms with Crippen LogP contribution in [-0.2, 0) is 0 Å². The van der Waals surface area contributed by atoms with Gasteiger partial charge in [0.25, 0.3) is 0 Å². The first-order chi connectivity index (χ1) is 14.3. The molecule has 3 unspecified atom stereocenters. The number of allylic oxidation sites excluding steroid dienone is 1. The van der Waals surface area contributed by atoms with E-state index in [-0.39, 0.29) is 0 Å². The Kier molecular flexibility index (Phi) is 4.84. The molecule has 5 rings (SSSR count). The predicted octanol–water partition coefficient (Wildman–Crippen LogP) is 9.30. The van der Waals surface area contributed by atoms with Gasteiger partial charge in [-0.1, -0.05) is 60.6 Å². The lowest BCUT2D eigenvalue weighted by molar-refractivity contribution is -0.240. The zero-order valence-electron chi connectivity index (χ0n) is 22.2. The van der Waals surface area contributed by atoms with Crippen molar-refractivity contribution < 1.29 is 0 Å². The second kappa shape index (κ2) is 6.66. The van der Waals surface area contributed by atoms with Gasteiger partial charge in [0, 0.05) is 0 Å². The number of hydrogen-bond donors (Lipinski definition) is 0. The van der Waals surface area contributed by atoms with Crippen molar-refractivity contribution >= 4 is 0 Å². The lowest BCUT2D eigenvalue weighted by Gasteiger charge is -2.73. The van der Waals surface area contributed by atoms with E-state index < -0.39 is 0 Å². The maximum Gasteiger partial charge on any atom is -0.0172 e. The van der Waals surface area contributed by atoms with Crippen LogP contribution in [0.15, 0.2) is 12.2 Å². The van der Waals surface area contributed by atoms with Gasteiger partial charge in [-0.2, -0.15) is 0 Å². The zero-order chi connectivity index (χ0) is 22.6. The van der Waals surface area contributed by atoms with Crippen LogP contribution in [0.2, 0.25) is 0 Å². The Bertz CT molecular complexity index is 760. The van der Waals surface area contributed by atoms with Crippen LogP contribution in [0.4, 0.5) is 0 Å². The Labute approximate surface area is 194 Å². The van der Waals surface area contributed by atoms with Crippen molar-refractivity contribution in [3.05, 3.63) is 12.2 Å². The standard InChI is InChI=1S/C31H52/c1-20(2)22-13-15-28(6)18-19-30(8)23(26(22)28)10-11-25-29(7)16-12-21(3)27(4,5)24(29)14-17-31(25,30)9/h21-26H,1,10-19H2,2-9H3/t21?,22-,23+,24?,25+,26?,28+,29-,30+,31+/m0/s1. The van der Waals surface area contributed by atoms with Crippen molar-refractivity contribution in [2.24, 2.45) is 62.6 Å². The maximum atomic E-state index is 4.51. The van der Waals surface area contributed by atoms with Crippen LogP contribution in [0.5, 0.6) is 0 Å². The molecular formula is C31H52. The molecule has 0 nitrogen and oxygen atoms in total.